The molecule has 0 heterocycles. The number of rotatable bonds is 11. The predicted octanol–water partition coefficient (Wildman–Crippen LogP) is 6.10. The zero-order chi connectivity index (χ0) is 27.3. The minimum Gasteiger partial charge on any atom is -0.265 e. The van der Waals surface area contributed by atoms with Crippen molar-refractivity contribution in [2.75, 3.05) is 6.61 Å². The summed E-state index contributed by atoms with van der Waals surface area (Å²) in [5, 5.41) is -7.61. The lowest BCUT2D eigenvalue weighted by Crippen LogP contribution is -2.75. The fraction of sp³-hybridized carbons (Fsp3) is 1.00. The maximum atomic E-state index is 13.5. The van der Waals surface area contributed by atoms with Crippen molar-refractivity contribution < 1.29 is 87.2 Å². The van der Waals surface area contributed by atoms with Crippen molar-refractivity contribution in [2.24, 2.45) is 0 Å². The molecule has 0 aliphatic carbocycles. The SMILES string of the molecule is CCCCOS(=O)(=O)C(F)(F)C(F)(F)C(F)(F)C(F)(F)C(F)(F)C(F)(F)C(F)(F)C(F)(F)F. The Labute approximate surface area is 172 Å². The molecule has 0 aromatic rings. The first-order valence-corrected chi connectivity index (χ1v) is 9.07. The van der Waals surface area contributed by atoms with Crippen molar-refractivity contribution in [1.29, 1.82) is 0 Å². The Hall–Kier alpha value is -1.28. The highest BCUT2D eigenvalue weighted by Crippen LogP contribution is 2.64. The lowest BCUT2D eigenvalue weighted by atomic mass is 9.91. The Morgan fingerprint density at radius 2 is 0.848 bits per heavy atom. The molecule has 0 atom stereocenters. The second-order valence-corrected chi connectivity index (χ2v) is 7.75. The number of alkyl halides is 17. The predicted molar refractivity (Wildman–Crippen MR) is 70.5 cm³/mol. The molecule has 0 unspecified atom stereocenters. The van der Waals surface area contributed by atoms with Crippen LogP contribution in [0, 0.1) is 0 Å². The highest BCUT2D eigenvalue weighted by Gasteiger charge is 2.96. The second-order valence-electron chi connectivity index (χ2n) is 6.09. The summed E-state index contributed by atoms with van der Waals surface area (Å²) in [5.74, 6) is -51.6. The lowest BCUT2D eigenvalue weighted by molar-refractivity contribution is -0.458. The molecule has 0 N–H and O–H groups in total. The zero-order valence-electron chi connectivity index (χ0n) is 15.2. The molecular weight excluding hydrogens is 547 g/mol. The first-order chi connectivity index (χ1) is 14.1. The number of hydrogen-bond donors (Lipinski definition) is 0. The van der Waals surface area contributed by atoms with Crippen molar-refractivity contribution in [2.45, 2.75) is 66.7 Å². The molecule has 0 spiro atoms. The van der Waals surface area contributed by atoms with Crippen LogP contribution in [-0.4, -0.2) is 62.0 Å². The van der Waals surface area contributed by atoms with Crippen molar-refractivity contribution in [1.82, 2.24) is 0 Å². The van der Waals surface area contributed by atoms with Gasteiger partial charge in [0.2, 0.25) is 0 Å². The first-order valence-electron chi connectivity index (χ1n) is 7.66. The summed E-state index contributed by atoms with van der Waals surface area (Å²) in [7, 11) is -7.42. The Kier molecular flexibility index (Phi) is 8.11. The minimum absolute atomic E-state index is 0.138. The molecule has 0 amide bonds. The van der Waals surface area contributed by atoms with Gasteiger partial charge in [0.05, 0.1) is 6.61 Å². The van der Waals surface area contributed by atoms with Crippen LogP contribution in [0.2, 0.25) is 0 Å². The molecule has 0 aromatic heterocycles. The van der Waals surface area contributed by atoms with Gasteiger partial charge in [-0.1, -0.05) is 13.3 Å². The molecule has 33 heavy (non-hydrogen) atoms. The third-order valence-electron chi connectivity index (χ3n) is 3.74. The Bertz CT molecular complexity index is 799. The minimum atomic E-state index is -8.84. The monoisotopic (exact) mass is 556 g/mol. The first kappa shape index (κ1) is 31.7. The highest BCUT2D eigenvalue weighted by molar-refractivity contribution is 7.87. The summed E-state index contributed by atoms with van der Waals surface area (Å²) < 4.78 is 246. The van der Waals surface area contributed by atoms with E-state index in [0.29, 0.717) is 0 Å². The van der Waals surface area contributed by atoms with Crippen molar-refractivity contribution in [3.05, 3.63) is 0 Å². The van der Waals surface area contributed by atoms with Crippen LogP contribution in [0.5, 0.6) is 0 Å². The van der Waals surface area contributed by atoms with E-state index in [4.69, 9.17) is 0 Å². The van der Waals surface area contributed by atoms with Crippen LogP contribution in [0.25, 0.3) is 0 Å². The Morgan fingerprint density at radius 3 is 1.15 bits per heavy atom. The maximum Gasteiger partial charge on any atom is 0.460 e. The Morgan fingerprint density at radius 1 is 0.545 bits per heavy atom. The summed E-state index contributed by atoms with van der Waals surface area (Å²) in [4.78, 5) is 0. The van der Waals surface area contributed by atoms with Crippen molar-refractivity contribution >= 4 is 10.1 Å². The quantitative estimate of drug-likeness (QED) is 0.176. The lowest BCUT2D eigenvalue weighted by Gasteiger charge is -2.42. The van der Waals surface area contributed by atoms with Gasteiger partial charge in [-0.05, 0) is 6.42 Å². The third kappa shape index (κ3) is 4.30. The molecule has 0 aliphatic rings. The molecule has 200 valence electrons. The van der Waals surface area contributed by atoms with Crippen LogP contribution >= 0.6 is 0 Å². The molecule has 0 fully saturated rings. The van der Waals surface area contributed by atoms with E-state index in [9.17, 15) is 83.1 Å². The van der Waals surface area contributed by atoms with Gasteiger partial charge >= 0.3 is 57.1 Å². The molecule has 0 rings (SSSR count). The van der Waals surface area contributed by atoms with E-state index in [1.54, 1.807) is 0 Å². The van der Waals surface area contributed by atoms with Gasteiger partial charge in [0, 0.05) is 0 Å². The summed E-state index contributed by atoms with van der Waals surface area (Å²) in [5.41, 5.74) is 0. The van der Waals surface area contributed by atoms with Gasteiger partial charge in [0.25, 0.3) is 0 Å². The molecule has 0 aliphatic heterocycles. The molecule has 3 nitrogen and oxygen atoms in total. The van der Waals surface area contributed by atoms with Gasteiger partial charge in [0.1, 0.15) is 0 Å². The largest absolute Gasteiger partial charge is 0.460 e. The average Bonchev–Trinajstić information content (AvgIpc) is 2.59. The third-order valence-corrected chi connectivity index (χ3v) is 5.10. The van der Waals surface area contributed by atoms with E-state index >= 15 is 0 Å². The topological polar surface area (TPSA) is 43.4 Å². The van der Waals surface area contributed by atoms with Gasteiger partial charge in [-0.25, -0.2) is 0 Å². The summed E-state index contributed by atoms with van der Waals surface area (Å²) >= 11 is 0. The normalized spacial score (nSPS) is 16.3. The van der Waals surface area contributed by atoms with Crippen LogP contribution in [0.4, 0.5) is 74.6 Å². The summed E-state index contributed by atoms with van der Waals surface area (Å²) in [6.45, 7) is -0.297. The summed E-state index contributed by atoms with van der Waals surface area (Å²) in [6, 6.07) is 0. The Balaban J connectivity index is 6.77. The highest BCUT2D eigenvalue weighted by atomic mass is 32.2. The zero-order valence-corrected chi connectivity index (χ0v) is 16.0. The van der Waals surface area contributed by atoms with Crippen molar-refractivity contribution in [3.63, 3.8) is 0 Å². The fourth-order valence-electron chi connectivity index (χ4n) is 1.69. The molecule has 21 heteroatoms. The average molecular weight is 556 g/mol. The van der Waals surface area contributed by atoms with Crippen LogP contribution in [0.1, 0.15) is 19.8 Å². The number of unbranched alkanes of at least 4 members (excludes halogenated alkanes) is 1. The smallest absolute Gasteiger partial charge is 0.265 e. The van der Waals surface area contributed by atoms with Gasteiger partial charge in [0.15, 0.2) is 0 Å². The fourth-order valence-corrected chi connectivity index (χ4v) is 2.62. The van der Waals surface area contributed by atoms with E-state index in [1.807, 2.05) is 0 Å². The van der Waals surface area contributed by atoms with E-state index in [2.05, 4.69) is 4.18 Å². The second kappa shape index (κ2) is 8.43. The van der Waals surface area contributed by atoms with E-state index < -0.39 is 70.1 Å². The van der Waals surface area contributed by atoms with Gasteiger partial charge in [-0.2, -0.15) is 83.1 Å². The van der Waals surface area contributed by atoms with Crippen LogP contribution in [0.15, 0.2) is 0 Å². The van der Waals surface area contributed by atoms with Crippen LogP contribution in [-0.2, 0) is 14.3 Å². The van der Waals surface area contributed by atoms with E-state index in [-0.39, 0.29) is 6.42 Å². The van der Waals surface area contributed by atoms with Gasteiger partial charge < -0.3 is 0 Å². The molecular formula is C12H9F17O3S. The molecule has 0 bridgehead atoms. The van der Waals surface area contributed by atoms with Crippen LogP contribution < -0.4 is 0 Å². The number of hydrogen-bond acceptors (Lipinski definition) is 3. The summed E-state index contributed by atoms with van der Waals surface area (Å²) in [6.07, 6.45) is -8.58. The molecule has 0 saturated carbocycles. The standard InChI is InChI=1S/C12H9F17O3S/c1-2-3-4-32-33(30,31)12(28,29)10(23,24)8(19,20)6(15,16)5(13,14)7(17,18)9(21,22)11(25,26)27/h2-4H2,1H3. The van der Waals surface area contributed by atoms with Gasteiger partial charge in [-0.3, -0.25) is 4.18 Å². The molecule has 0 aromatic carbocycles. The molecule has 0 radical (unpaired) electrons. The van der Waals surface area contributed by atoms with E-state index in [1.165, 1.54) is 6.92 Å². The van der Waals surface area contributed by atoms with Crippen LogP contribution in [0.3, 0.4) is 0 Å². The molecule has 0 saturated heterocycles. The van der Waals surface area contributed by atoms with E-state index in [0.717, 1.165) is 0 Å². The maximum absolute atomic E-state index is 13.5. The van der Waals surface area contributed by atoms with Crippen molar-refractivity contribution in [3.8, 4) is 0 Å². The van der Waals surface area contributed by atoms with Gasteiger partial charge in [-0.15, -0.1) is 0 Å². The number of halogens is 17.